The van der Waals surface area contributed by atoms with Crippen molar-refractivity contribution in [1.82, 2.24) is 0 Å². The maximum atomic E-state index is 6.39. The van der Waals surface area contributed by atoms with Crippen LogP contribution in [0.4, 0.5) is 0 Å². The van der Waals surface area contributed by atoms with Gasteiger partial charge in [-0.05, 0) is 303 Å². The highest BCUT2D eigenvalue weighted by Crippen LogP contribution is 2.49. The summed E-state index contributed by atoms with van der Waals surface area (Å²) < 4.78 is 25.0. The zero-order valence-corrected chi connectivity index (χ0v) is 77.0. The molecule has 28 aromatic carbocycles. The molecule has 0 radical (unpaired) electrons. The van der Waals surface area contributed by atoms with E-state index in [1.165, 1.54) is 222 Å². The number of hydrogen-bond donors (Lipinski definition) is 0. The first-order valence-electron chi connectivity index (χ1n) is 48.8. The number of rotatable bonds is 5. The van der Waals surface area contributed by atoms with Crippen LogP contribution in [0.2, 0.25) is 0 Å². The van der Waals surface area contributed by atoms with Gasteiger partial charge >= 0.3 is 0 Å². The normalized spacial score (nSPS) is 11.9. The van der Waals surface area contributed by atoms with E-state index >= 15 is 0 Å². The Hall–Kier alpha value is -18.7. The third kappa shape index (κ3) is 12.9. The third-order valence-electron chi connectivity index (χ3n) is 30.0. The van der Waals surface area contributed by atoms with Crippen molar-refractivity contribution < 1.29 is 17.7 Å². The van der Waals surface area contributed by atoms with E-state index in [9.17, 15) is 0 Å². The molecule has 0 aliphatic carbocycles. The summed E-state index contributed by atoms with van der Waals surface area (Å²) >= 11 is 0. The van der Waals surface area contributed by atoms with Crippen LogP contribution in [0.3, 0.4) is 0 Å². The summed E-state index contributed by atoms with van der Waals surface area (Å²) in [6, 6.07) is 179. The average molecular weight is 1800 g/mol. The van der Waals surface area contributed by atoms with E-state index in [-0.39, 0.29) is 0 Å². The minimum atomic E-state index is 0.907. The molecule has 0 fully saturated rings. The number of furan rings is 4. The molecule has 0 aliphatic rings. The van der Waals surface area contributed by atoms with Crippen molar-refractivity contribution in [3.8, 4) is 55.6 Å². The van der Waals surface area contributed by atoms with Gasteiger partial charge in [0.25, 0.3) is 0 Å². The standard InChI is InChI=1S/C48H28O.3C30H18O/c1-3-13-37-33(9-1)35-11-5-7-15-39(35)43-25-29(17-21-41(37)43)31-19-23-47-45(27-31)46-28-32(20-24-48(46)49-47)30-18-22-42-38-14-4-2-10-34(38)36-12-6-8-16-40(36)44(42)26-30;1-2-10-23-21(8-1)22-9-3-4-11-24(22)28-18-19(16-17-25(23)28)20-13-7-14-27-26-12-5-6-15-29(26)31-30(20)27;1-2-10-23-21(8-1)22-9-3-4-11-24(22)27-18-19(16-17-25(23)27)20-13-7-15-29-30(20)26-12-5-6-14-28(26)31-29;1-2-9-23-21(7-1)22-8-3-4-10-24(22)28-17-19(13-15-25(23)28)20-14-16-27-26-11-5-6-12-29(26)31-30(27)18-20/h1-28H;3*1-18H. The minimum Gasteiger partial charge on any atom is -0.456 e. The molecular weight excluding hydrogens is 1720 g/mol. The maximum Gasteiger partial charge on any atom is 0.143 e. The maximum absolute atomic E-state index is 6.39. The summed E-state index contributed by atoms with van der Waals surface area (Å²) in [5.41, 5.74) is 19.3. The molecule has 0 aliphatic heterocycles. The second kappa shape index (κ2) is 32.5. The second-order valence-electron chi connectivity index (χ2n) is 37.6. The Morgan fingerprint density at radius 2 is 0.282 bits per heavy atom. The minimum absolute atomic E-state index is 0.907. The molecule has 4 nitrogen and oxygen atoms in total. The lowest BCUT2D eigenvalue weighted by molar-refractivity contribution is 0.668. The molecule has 0 atom stereocenters. The molecular formula is C138H82O4. The van der Waals surface area contributed by atoms with Crippen molar-refractivity contribution in [3.05, 3.63) is 497 Å². The highest BCUT2D eigenvalue weighted by molar-refractivity contribution is 6.32. The molecule has 4 aromatic heterocycles. The number of fused-ring (bicyclic) bond motifs is 42. The lowest BCUT2D eigenvalue weighted by Crippen LogP contribution is -1.85. The van der Waals surface area contributed by atoms with Gasteiger partial charge in [0.1, 0.15) is 44.7 Å². The van der Waals surface area contributed by atoms with E-state index in [0.29, 0.717) is 0 Å². The molecule has 0 unspecified atom stereocenters. The van der Waals surface area contributed by atoms with Gasteiger partial charge in [-0.2, -0.15) is 0 Å². The molecule has 0 amide bonds. The summed E-state index contributed by atoms with van der Waals surface area (Å²) in [4.78, 5) is 0. The molecule has 658 valence electrons. The molecule has 4 heterocycles. The molecule has 0 spiro atoms. The van der Waals surface area contributed by atoms with Crippen molar-refractivity contribution in [1.29, 1.82) is 0 Å². The molecule has 4 heteroatoms. The molecule has 0 N–H and O–H groups in total. The van der Waals surface area contributed by atoms with Crippen molar-refractivity contribution in [2.75, 3.05) is 0 Å². The van der Waals surface area contributed by atoms with Crippen LogP contribution in [0.25, 0.3) is 305 Å². The van der Waals surface area contributed by atoms with E-state index in [0.717, 1.165) is 82.5 Å². The van der Waals surface area contributed by atoms with E-state index in [1.54, 1.807) is 0 Å². The smallest absolute Gasteiger partial charge is 0.143 e. The van der Waals surface area contributed by atoms with E-state index < -0.39 is 0 Å². The lowest BCUT2D eigenvalue weighted by Gasteiger charge is -2.12. The van der Waals surface area contributed by atoms with Crippen LogP contribution in [0, 0.1) is 0 Å². The molecule has 0 saturated heterocycles. The number of para-hydroxylation sites is 4. The summed E-state index contributed by atoms with van der Waals surface area (Å²) in [6.07, 6.45) is 0. The van der Waals surface area contributed by atoms with Gasteiger partial charge in [0.05, 0.1) is 0 Å². The Labute approximate surface area is 814 Å². The van der Waals surface area contributed by atoms with Gasteiger partial charge < -0.3 is 17.7 Å². The van der Waals surface area contributed by atoms with Crippen LogP contribution < -0.4 is 0 Å². The van der Waals surface area contributed by atoms with Gasteiger partial charge in [-0.15, -0.1) is 0 Å². The summed E-state index contributed by atoms with van der Waals surface area (Å²) in [6.45, 7) is 0. The Bertz CT molecular complexity index is 10600. The fourth-order valence-electron chi connectivity index (χ4n) is 23.4. The Balaban J connectivity index is 0.0000000926. The zero-order chi connectivity index (χ0) is 93.1. The van der Waals surface area contributed by atoms with Crippen molar-refractivity contribution in [2.24, 2.45) is 0 Å². The average Bonchev–Trinajstić information content (AvgIpc) is 0.822. The highest BCUT2D eigenvalue weighted by Gasteiger charge is 2.22. The Morgan fingerprint density at radius 1 is 0.0915 bits per heavy atom. The molecule has 142 heavy (non-hydrogen) atoms. The van der Waals surface area contributed by atoms with Crippen LogP contribution in [0.15, 0.2) is 515 Å². The van der Waals surface area contributed by atoms with E-state index in [2.05, 4.69) is 461 Å². The van der Waals surface area contributed by atoms with Crippen LogP contribution in [-0.2, 0) is 0 Å². The van der Waals surface area contributed by atoms with E-state index in [4.69, 9.17) is 17.7 Å². The molecule has 32 rings (SSSR count). The van der Waals surface area contributed by atoms with Crippen LogP contribution >= 0.6 is 0 Å². The fraction of sp³-hybridized carbons (Fsp3) is 0. The molecule has 32 aromatic rings. The summed E-state index contributed by atoms with van der Waals surface area (Å²) in [5.74, 6) is 0. The summed E-state index contributed by atoms with van der Waals surface area (Å²) in [5, 5.41) is 48.1. The topological polar surface area (TPSA) is 52.6 Å². The lowest BCUT2D eigenvalue weighted by atomic mass is 9.91. The van der Waals surface area contributed by atoms with Crippen molar-refractivity contribution in [3.63, 3.8) is 0 Å². The predicted octanol–water partition coefficient (Wildman–Crippen LogP) is 40.0. The Morgan fingerprint density at radius 3 is 0.634 bits per heavy atom. The first-order valence-corrected chi connectivity index (χ1v) is 48.8. The van der Waals surface area contributed by atoms with Crippen LogP contribution in [-0.4, -0.2) is 0 Å². The van der Waals surface area contributed by atoms with Gasteiger partial charge in [-0.1, -0.05) is 406 Å². The quantitative estimate of drug-likeness (QED) is 0.161. The number of benzene rings is 28. The fourth-order valence-corrected chi connectivity index (χ4v) is 23.4. The summed E-state index contributed by atoms with van der Waals surface area (Å²) in [7, 11) is 0. The zero-order valence-electron chi connectivity index (χ0n) is 77.0. The largest absolute Gasteiger partial charge is 0.456 e. The van der Waals surface area contributed by atoms with Gasteiger partial charge in [0.2, 0.25) is 0 Å². The number of hydrogen-bond acceptors (Lipinski definition) is 4. The van der Waals surface area contributed by atoms with Crippen molar-refractivity contribution in [2.45, 2.75) is 0 Å². The van der Waals surface area contributed by atoms with Crippen LogP contribution in [0.1, 0.15) is 0 Å². The monoisotopic (exact) mass is 1800 g/mol. The Kier molecular flexibility index (Phi) is 18.4. The highest BCUT2D eigenvalue weighted by atomic mass is 16.3. The first kappa shape index (κ1) is 80.5. The van der Waals surface area contributed by atoms with E-state index in [1.807, 2.05) is 36.4 Å². The predicted molar refractivity (Wildman–Crippen MR) is 605 cm³/mol. The van der Waals surface area contributed by atoms with Gasteiger partial charge in [0.15, 0.2) is 0 Å². The van der Waals surface area contributed by atoms with Crippen LogP contribution in [0.5, 0.6) is 0 Å². The van der Waals surface area contributed by atoms with Gasteiger partial charge in [-0.3, -0.25) is 0 Å². The SMILES string of the molecule is c1ccc2c(c1)c1ccccc1c1cc(-c3ccc4oc5ccc(-c6ccc7c8ccccc8c8ccccc8c7c6)cc5c4c3)ccc21.c1ccc2c(c1)oc1c(-c3ccc4c5ccccc5c5ccccc5c4c3)cccc12.c1ccc2c(c1)oc1cc(-c3ccc4c5ccccc5c5ccccc5c4c3)ccc12.c1ccc2c(c1)oc1cccc(-c3ccc4c5ccccc5c5ccccc5c4c3)c12. The van der Waals surface area contributed by atoms with Gasteiger partial charge in [0, 0.05) is 48.7 Å². The first-order chi connectivity index (χ1) is 70.4. The molecule has 0 bridgehead atoms. The van der Waals surface area contributed by atoms with Crippen molar-refractivity contribution >= 4 is 249 Å². The second-order valence-corrected chi connectivity index (χ2v) is 37.6. The van der Waals surface area contributed by atoms with Gasteiger partial charge in [-0.25, -0.2) is 0 Å². The molecule has 0 saturated carbocycles. The third-order valence-corrected chi connectivity index (χ3v) is 30.0.